The Morgan fingerprint density at radius 2 is 1.57 bits per heavy atom. The van der Waals surface area contributed by atoms with Gasteiger partial charge in [0.05, 0.1) is 0 Å². The lowest BCUT2D eigenvalue weighted by atomic mass is 9.94. The summed E-state index contributed by atoms with van der Waals surface area (Å²) >= 11 is 3.49. The van der Waals surface area contributed by atoms with Crippen LogP contribution < -0.4 is 0 Å². The number of rotatable bonds is 2. The first-order valence-electron chi connectivity index (χ1n) is 6.87. The molecule has 2 heteroatoms. The Bertz CT molecular complexity index is 849. The molecule has 0 saturated heterocycles. The fourth-order valence-electron chi connectivity index (χ4n) is 2.61. The quantitative estimate of drug-likeness (QED) is 0.568. The lowest BCUT2D eigenvalue weighted by Crippen LogP contribution is -2.04. The van der Waals surface area contributed by atoms with E-state index in [1.54, 1.807) is 0 Å². The Morgan fingerprint density at radius 3 is 2.33 bits per heavy atom. The van der Waals surface area contributed by atoms with Crippen LogP contribution in [0.3, 0.4) is 0 Å². The van der Waals surface area contributed by atoms with E-state index in [0.717, 1.165) is 26.4 Å². The van der Waals surface area contributed by atoms with Crippen molar-refractivity contribution in [2.24, 2.45) is 0 Å². The Labute approximate surface area is 132 Å². The van der Waals surface area contributed by atoms with Crippen LogP contribution >= 0.6 is 15.9 Å². The van der Waals surface area contributed by atoms with Crippen LogP contribution in [-0.2, 0) is 0 Å². The summed E-state index contributed by atoms with van der Waals surface area (Å²) in [4.78, 5) is 12.9. The van der Waals surface area contributed by atoms with Gasteiger partial charge in [0, 0.05) is 15.6 Å². The van der Waals surface area contributed by atoms with Gasteiger partial charge in [-0.3, -0.25) is 4.79 Å². The third-order valence-electron chi connectivity index (χ3n) is 3.75. The average Bonchev–Trinajstić information content (AvgIpc) is 2.50. The van der Waals surface area contributed by atoms with E-state index in [1.807, 2.05) is 55.5 Å². The molecule has 0 N–H and O–H groups in total. The molecule has 0 amide bonds. The van der Waals surface area contributed by atoms with Crippen LogP contribution in [0.25, 0.3) is 10.8 Å². The maximum Gasteiger partial charge on any atom is 0.194 e. The standard InChI is InChI=1S/C19H15BrO/c1-12-7-10-18(20)17(11-12)19(21)16-9-8-13(2)14-5-3-4-6-15(14)16/h3-11H,1-2H3. The molecule has 0 radical (unpaired) electrons. The van der Waals surface area contributed by atoms with Gasteiger partial charge in [-0.2, -0.15) is 0 Å². The van der Waals surface area contributed by atoms with E-state index < -0.39 is 0 Å². The van der Waals surface area contributed by atoms with Crippen LogP contribution in [0.5, 0.6) is 0 Å². The summed E-state index contributed by atoms with van der Waals surface area (Å²) in [5.74, 6) is 0.0572. The Balaban J connectivity index is 2.23. The molecule has 0 bridgehead atoms. The summed E-state index contributed by atoms with van der Waals surface area (Å²) in [6.45, 7) is 4.07. The topological polar surface area (TPSA) is 17.1 Å². The minimum absolute atomic E-state index is 0.0572. The van der Waals surface area contributed by atoms with E-state index in [1.165, 1.54) is 5.56 Å². The van der Waals surface area contributed by atoms with E-state index in [-0.39, 0.29) is 5.78 Å². The van der Waals surface area contributed by atoms with E-state index in [9.17, 15) is 4.79 Å². The first-order chi connectivity index (χ1) is 10.1. The second-order valence-corrected chi connectivity index (χ2v) is 6.14. The van der Waals surface area contributed by atoms with Gasteiger partial charge in [-0.05, 0) is 42.3 Å². The molecule has 0 aliphatic carbocycles. The number of benzene rings is 3. The van der Waals surface area contributed by atoms with Crippen LogP contribution in [0.4, 0.5) is 0 Å². The molecule has 0 unspecified atom stereocenters. The zero-order valence-electron chi connectivity index (χ0n) is 12.0. The van der Waals surface area contributed by atoms with Gasteiger partial charge in [0.2, 0.25) is 0 Å². The Hall–Kier alpha value is -1.93. The minimum Gasteiger partial charge on any atom is -0.289 e. The summed E-state index contributed by atoms with van der Waals surface area (Å²) in [6.07, 6.45) is 0. The summed E-state index contributed by atoms with van der Waals surface area (Å²) in [7, 11) is 0. The maximum atomic E-state index is 12.9. The second-order valence-electron chi connectivity index (χ2n) is 5.29. The van der Waals surface area contributed by atoms with Gasteiger partial charge in [0.25, 0.3) is 0 Å². The fraction of sp³-hybridized carbons (Fsp3) is 0.105. The molecule has 0 spiro atoms. The molecule has 0 saturated carbocycles. The van der Waals surface area contributed by atoms with Gasteiger partial charge in [0.1, 0.15) is 0 Å². The van der Waals surface area contributed by atoms with Gasteiger partial charge < -0.3 is 0 Å². The van der Waals surface area contributed by atoms with Crippen LogP contribution in [0.1, 0.15) is 27.0 Å². The molecule has 3 aromatic rings. The van der Waals surface area contributed by atoms with E-state index in [2.05, 4.69) is 28.9 Å². The number of halogens is 1. The second kappa shape index (κ2) is 5.45. The number of hydrogen-bond acceptors (Lipinski definition) is 1. The highest BCUT2D eigenvalue weighted by Gasteiger charge is 2.16. The van der Waals surface area contributed by atoms with Crippen LogP contribution in [0, 0.1) is 13.8 Å². The van der Waals surface area contributed by atoms with Crippen molar-refractivity contribution in [1.29, 1.82) is 0 Å². The molecule has 0 aromatic heterocycles. The van der Waals surface area contributed by atoms with Gasteiger partial charge in [-0.1, -0.05) is 64.0 Å². The van der Waals surface area contributed by atoms with Crippen molar-refractivity contribution >= 4 is 32.5 Å². The first-order valence-corrected chi connectivity index (χ1v) is 7.66. The van der Waals surface area contributed by atoms with Gasteiger partial charge >= 0.3 is 0 Å². The molecule has 104 valence electrons. The molecule has 0 fully saturated rings. The minimum atomic E-state index is 0.0572. The van der Waals surface area contributed by atoms with Crippen molar-refractivity contribution in [2.45, 2.75) is 13.8 Å². The smallest absolute Gasteiger partial charge is 0.194 e. The monoisotopic (exact) mass is 338 g/mol. The molecular weight excluding hydrogens is 324 g/mol. The van der Waals surface area contributed by atoms with Crippen LogP contribution in [-0.4, -0.2) is 5.78 Å². The molecule has 1 nitrogen and oxygen atoms in total. The zero-order valence-corrected chi connectivity index (χ0v) is 13.6. The molecule has 21 heavy (non-hydrogen) atoms. The fourth-order valence-corrected chi connectivity index (χ4v) is 3.03. The van der Waals surface area contributed by atoms with E-state index in [0.29, 0.717) is 5.56 Å². The third kappa shape index (κ3) is 2.52. The summed E-state index contributed by atoms with van der Waals surface area (Å²) in [5, 5.41) is 2.14. The average molecular weight is 339 g/mol. The van der Waals surface area contributed by atoms with Crippen molar-refractivity contribution in [2.75, 3.05) is 0 Å². The van der Waals surface area contributed by atoms with E-state index >= 15 is 0 Å². The maximum absolute atomic E-state index is 12.9. The van der Waals surface area contributed by atoms with Crippen molar-refractivity contribution in [3.63, 3.8) is 0 Å². The lowest BCUT2D eigenvalue weighted by Gasteiger charge is -2.10. The molecule has 0 aliphatic heterocycles. The highest BCUT2D eigenvalue weighted by atomic mass is 79.9. The molecule has 0 heterocycles. The molecular formula is C19H15BrO. The normalized spacial score (nSPS) is 10.8. The lowest BCUT2D eigenvalue weighted by molar-refractivity contribution is 0.103. The number of carbonyl (C=O) groups is 1. The number of ketones is 1. The number of hydrogen-bond donors (Lipinski definition) is 0. The zero-order chi connectivity index (χ0) is 15.0. The summed E-state index contributed by atoms with van der Waals surface area (Å²) in [6, 6.07) is 17.9. The Morgan fingerprint density at radius 1 is 0.857 bits per heavy atom. The SMILES string of the molecule is Cc1ccc(Br)c(C(=O)c2ccc(C)c3ccccc23)c1. The number of fused-ring (bicyclic) bond motifs is 1. The molecule has 3 aromatic carbocycles. The molecule has 0 atom stereocenters. The van der Waals surface area contributed by atoms with Gasteiger partial charge in [0.15, 0.2) is 5.78 Å². The van der Waals surface area contributed by atoms with Crippen LogP contribution in [0.2, 0.25) is 0 Å². The van der Waals surface area contributed by atoms with Gasteiger partial charge in [-0.25, -0.2) is 0 Å². The van der Waals surface area contributed by atoms with Crippen molar-refractivity contribution in [3.8, 4) is 0 Å². The molecule has 0 aliphatic rings. The summed E-state index contributed by atoms with van der Waals surface area (Å²) < 4.78 is 0.836. The third-order valence-corrected chi connectivity index (χ3v) is 4.44. The number of aryl methyl sites for hydroxylation is 2. The highest BCUT2D eigenvalue weighted by molar-refractivity contribution is 9.10. The van der Waals surface area contributed by atoms with Crippen molar-refractivity contribution < 1.29 is 4.79 Å². The first kappa shape index (κ1) is 14.0. The largest absolute Gasteiger partial charge is 0.289 e. The van der Waals surface area contributed by atoms with E-state index in [4.69, 9.17) is 0 Å². The molecule has 3 rings (SSSR count). The summed E-state index contributed by atoms with van der Waals surface area (Å²) in [5.41, 5.74) is 3.73. The van der Waals surface area contributed by atoms with Gasteiger partial charge in [-0.15, -0.1) is 0 Å². The van der Waals surface area contributed by atoms with Crippen molar-refractivity contribution in [1.82, 2.24) is 0 Å². The van der Waals surface area contributed by atoms with Crippen molar-refractivity contribution in [3.05, 3.63) is 81.3 Å². The predicted octanol–water partition coefficient (Wildman–Crippen LogP) is 5.45. The number of carbonyl (C=O) groups excluding carboxylic acids is 1. The highest BCUT2D eigenvalue weighted by Crippen LogP contribution is 2.27. The Kier molecular flexibility index (Phi) is 3.64. The predicted molar refractivity (Wildman–Crippen MR) is 91.0 cm³/mol. The van der Waals surface area contributed by atoms with Crippen LogP contribution in [0.15, 0.2) is 59.1 Å².